The largest absolute Gasteiger partial charge is 0.330 e. The molecule has 1 nitrogen and oxygen atoms in total. The molecule has 16 heavy (non-hydrogen) atoms. The van der Waals surface area contributed by atoms with Gasteiger partial charge in [-0.1, -0.05) is 53.4 Å². The molecule has 0 saturated heterocycles. The van der Waals surface area contributed by atoms with Crippen molar-refractivity contribution in [1.82, 2.24) is 0 Å². The topological polar surface area (TPSA) is 26.0 Å². The molecule has 0 aromatic heterocycles. The lowest BCUT2D eigenvalue weighted by molar-refractivity contribution is 0.407. The van der Waals surface area contributed by atoms with Crippen molar-refractivity contribution < 1.29 is 0 Å². The van der Waals surface area contributed by atoms with E-state index in [1.165, 1.54) is 42.1 Å². The van der Waals surface area contributed by atoms with E-state index in [1.54, 1.807) is 0 Å². The minimum Gasteiger partial charge on any atom is -0.330 e. The van der Waals surface area contributed by atoms with E-state index in [9.17, 15) is 0 Å². The minimum atomic E-state index is 0.656. The van der Waals surface area contributed by atoms with Gasteiger partial charge in [0.25, 0.3) is 0 Å². The zero-order chi connectivity index (χ0) is 11.4. The average molecular weight is 282 g/mol. The van der Waals surface area contributed by atoms with Crippen LogP contribution in [0.25, 0.3) is 0 Å². The summed E-state index contributed by atoms with van der Waals surface area (Å²) in [6, 6.07) is 8.62. The van der Waals surface area contributed by atoms with Gasteiger partial charge in [0.15, 0.2) is 0 Å². The van der Waals surface area contributed by atoms with E-state index in [4.69, 9.17) is 5.73 Å². The summed E-state index contributed by atoms with van der Waals surface area (Å²) in [5.74, 6) is 1.32. The highest BCUT2D eigenvalue weighted by Crippen LogP contribution is 2.38. The summed E-state index contributed by atoms with van der Waals surface area (Å²) in [6.07, 6.45) is 6.66. The smallest absolute Gasteiger partial charge is 0.0210 e. The fourth-order valence-corrected chi connectivity index (χ4v) is 3.43. The monoisotopic (exact) mass is 281 g/mol. The molecule has 1 aliphatic carbocycles. The van der Waals surface area contributed by atoms with Crippen molar-refractivity contribution in [1.29, 1.82) is 0 Å². The fraction of sp³-hybridized carbons (Fsp3) is 0.571. The maximum absolute atomic E-state index is 5.94. The van der Waals surface area contributed by atoms with Crippen LogP contribution >= 0.6 is 15.9 Å². The first-order valence-corrected chi connectivity index (χ1v) is 7.06. The van der Waals surface area contributed by atoms with Gasteiger partial charge in [-0.2, -0.15) is 0 Å². The van der Waals surface area contributed by atoms with Crippen LogP contribution in [0.1, 0.15) is 43.6 Å². The maximum Gasteiger partial charge on any atom is 0.0210 e. The van der Waals surface area contributed by atoms with E-state index < -0.39 is 0 Å². The zero-order valence-corrected chi connectivity index (χ0v) is 11.2. The Bertz CT molecular complexity index is 337. The summed E-state index contributed by atoms with van der Waals surface area (Å²) in [7, 11) is 0. The van der Waals surface area contributed by atoms with Crippen molar-refractivity contribution in [2.45, 2.75) is 38.0 Å². The lowest BCUT2D eigenvalue weighted by Crippen LogP contribution is -2.21. The first kappa shape index (κ1) is 12.1. The second-order valence-corrected chi connectivity index (χ2v) is 5.62. The molecule has 2 N–H and O–H groups in total. The number of nitrogens with two attached hydrogens (primary N) is 1. The van der Waals surface area contributed by atoms with Crippen LogP contribution in [0.3, 0.4) is 0 Å². The molecule has 2 atom stereocenters. The molecule has 0 radical (unpaired) electrons. The Morgan fingerprint density at radius 2 is 1.88 bits per heavy atom. The van der Waals surface area contributed by atoms with E-state index >= 15 is 0 Å². The molecule has 0 bridgehead atoms. The average Bonchev–Trinajstić information content (AvgIpc) is 2.54. The number of rotatable bonds is 2. The molecule has 2 unspecified atom stereocenters. The molecule has 1 aromatic rings. The Morgan fingerprint density at radius 1 is 1.12 bits per heavy atom. The van der Waals surface area contributed by atoms with Crippen LogP contribution in [-0.4, -0.2) is 6.54 Å². The lowest BCUT2D eigenvalue weighted by Gasteiger charge is -2.25. The molecule has 88 valence electrons. The highest BCUT2D eigenvalue weighted by molar-refractivity contribution is 9.10. The summed E-state index contributed by atoms with van der Waals surface area (Å²) >= 11 is 3.67. The quantitative estimate of drug-likeness (QED) is 0.813. The Hall–Kier alpha value is -0.340. The lowest BCUT2D eigenvalue weighted by atomic mass is 9.82. The van der Waals surface area contributed by atoms with Gasteiger partial charge in [0, 0.05) is 4.47 Å². The van der Waals surface area contributed by atoms with E-state index in [1.807, 2.05) is 0 Å². The molecule has 1 aliphatic rings. The molecular weight excluding hydrogens is 262 g/mol. The standard InChI is InChI=1S/C14H20BrN/c15-14-9-5-4-8-13(14)12-7-3-1-2-6-11(12)10-16/h4-5,8-9,11-12H,1-3,6-7,10,16H2. The van der Waals surface area contributed by atoms with Crippen molar-refractivity contribution in [2.24, 2.45) is 11.7 Å². The van der Waals surface area contributed by atoms with Crippen LogP contribution in [0.4, 0.5) is 0 Å². The number of benzene rings is 1. The van der Waals surface area contributed by atoms with E-state index in [-0.39, 0.29) is 0 Å². The van der Waals surface area contributed by atoms with Gasteiger partial charge >= 0.3 is 0 Å². The van der Waals surface area contributed by atoms with Gasteiger partial charge in [0.05, 0.1) is 0 Å². The normalized spacial score (nSPS) is 26.4. The van der Waals surface area contributed by atoms with Crippen LogP contribution < -0.4 is 5.73 Å². The van der Waals surface area contributed by atoms with Gasteiger partial charge in [-0.25, -0.2) is 0 Å². The summed E-state index contributed by atoms with van der Waals surface area (Å²) < 4.78 is 1.25. The first-order valence-electron chi connectivity index (χ1n) is 6.27. The van der Waals surface area contributed by atoms with E-state index in [2.05, 4.69) is 40.2 Å². The predicted molar refractivity (Wildman–Crippen MR) is 72.5 cm³/mol. The molecular formula is C14H20BrN. The van der Waals surface area contributed by atoms with Gasteiger partial charge < -0.3 is 5.73 Å². The Kier molecular flexibility index (Phi) is 4.42. The maximum atomic E-state index is 5.94. The second kappa shape index (κ2) is 5.83. The minimum absolute atomic E-state index is 0.656. The van der Waals surface area contributed by atoms with Gasteiger partial charge in [-0.05, 0) is 42.9 Å². The van der Waals surface area contributed by atoms with Crippen LogP contribution in [0.15, 0.2) is 28.7 Å². The molecule has 1 aromatic carbocycles. The van der Waals surface area contributed by atoms with Crippen molar-refractivity contribution >= 4 is 15.9 Å². The van der Waals surface area contributed by atoms with Crippen LogP contribution in [-0.2, 0) is 0 Å². The van der Waals surface area contributed by atoms with Crippen molar-refractivity contribution in [2.75, 3.05) is 6.54 Å². The molecule has 1 saturated carbocycles. The van der Waals surface area contributed by atoms with E-state index in [0.717, 1.165) is 6.54 Å². The Labute approximate surface area is 107 Å². The fourth-order valence-electron chi connectivity index (χ4n) is 2.85. The summed E-state index contributed by atoms with van der Waals surface area (Å²) in [4.78, 5) is 0. The molecule has 0 amide bonds. The van der Waals surface area contributed by atoms with Gasteiger partial charge in [-0.15, -0.1) is 0 Å². The third-order valence-electron chi connectivity index (χ3n) is 3.77. The van der Waals surface area contributed by atoms with Crippen molar-refractivity contribution in [3.8, 4) is 0 Å². The second-order valence-electron chi connectivity index (χ2n) is 4.76. The van der Waals surface area contributed by atoms with Gasteiger partial charge in [-0.3, -0.25) is 0 Å². The molecule has 2 heteroatoms. The van der Waals surface area contributed by atoms with Crippen LogP contribution in [0, 0.1) is 5.92 Å². The summed E-state index contributed by atoms with van der Waals surface area (Å²) in [5, 5.41) is 0. The van der Waals surface area contributed by atoms with Gasteiger partial charge in [0.1, 0.15) is 0 Å². The van der Waals surface area contributed by atoms with Crippen LogP contribution in [0.5, 0.6) is 0 Å². The molecule has 0 spiro atoms. The van der Waals surface area contributed by atoms with Gasteiger partial charge in [0.2, 0.25) is 0 Å². The molecule has 0 heterocycles. The third-order valence-corrected chi connectivity index (χ3v) is 4.49. The predicted octanol–water partition coefficient (Wildman–Crippen LogP) is 4.07. The summed E-state index contributed by atoms with van der Waals surface area (Å²) in [5.41, 5.74) is 7.39. The highest BCUT2D eigenvalue weighted by Gasteiger charge is 2.25. The van der Waals surface area contributed by atoms with Crippen molar-refractivity contribution in [3.63, 3.8) is 0 Å². The number of halogens is 1. The van der Waals surface area contributed by atoms with Crippen LogP contribution in [0.2, 0.25) is 0 Å². The van der Waals surface area contributed by atoms with Crippen molar-refractivity contribution in [3.05, 3.63) is 34.3 Å². The highest BCUT2D eigenvalue weighted by atomic mass is 79.9. The first-order chi connectivity index (χ1) is 7.83. The van der Waals surface area contributed by atoms with E-state index in [0.29, 0.717) is 11.8 Å². The molecule has 0 aliphatic heterocycles. The number of hydrogen-bond acceptors (Lipinski definition) is 1. The third kappa shape index (κ3) is 2.67. The zero-order valence-electron chi connectivity index (χ0n) is 9.66. The SMILES string of the molecule is NCC1CCCCCC1c1ccccc1Br. The Balaban J connectivity index is 2.25. The molecule has 2 rings (SSSR count). The Morgan fingerprint density at radius 3 is 2.62 bits per heavy atom. The molecule has 1 fully saturated rings. The summed E-state index contributed by atoms with van der Waals surface area (Å²) in [6.45, 7) is 0.825. The number of hydrogen-bond donors (Lipinski definition) is 1.